The number of ether oxygens (including phenoxy) is 2. The summed E-state index contributed by atoms with van der Waals surface area (Å²) in [5.41, 5.74) is 2.71. The van der Waals surface area contributed by atoms with Crippen molar-refractivity contribution < 1.29 is 19.1 Å². The molecule has 3 aromatic rings. The molecule has 0 bridgehead atoms. The van der Waals surface area contributed by atoms with Gasteiger partial charge in [-0.1, -0.05) is 18.2 Å². The fourth-order valence-electron chi connectivity index (χ4n) is 3.69. The first kappa shape index (κ1) is 19.1. The summed E-state index contributed by atoms with van der Waals surface area (Å²) in [5, 5.41) is 0.965. The molecule has 150 valence electrons. The van der Waals surface area contributed by atoms with Gasteiger partial charge in [0.15, 0.2) is 0 Å². The van der Waals surface area contributed by atoms with Crippen LogP contribution in [0.5, 0.6) is 5.75 Å². The Bertz CT molecular complexity index is 1030. The maximum Gasteiger partial charge on any atom is 0.338 e. The summed E-state index contributed by atoms with van der Waals surface area (Å²) < 4.78 is 10.7. The molecule has 6 nitrogen and oxygen atoms in total. The van der Waals surface area contributed by atoms with Gasteiger partial charge in [0, 0.05) is 35.6 Å². The largest absolute Gasteiger partial charge is 0.489 e. The Morgan fingerprint density at radius 2 is 1.83 bits per heavy atom. The van der Waals surface area contributed by atoms with Gasteiger partial charge in [-0.25, -0.2) is 4.79 Å². The predicted molar refractivity (Wildman–Crippen MR) is 110 cm³/mol. The number of nitrogens with one attached hydrogen (secondary N) is 1. The molecule has 1 aliphatic rings. The summed E-state index contributed by atoms with van der Waals surface area (Å²) in [6.07, 6.45) is 3.32. The molecular formula is C23H24N2O4. The number of fused-ring (bicyclic) bond motifs is 1. The molecule has 0 aliphatic carbocycles. The number of hydrogen-bond donors (Lipinski definition) is 1. The second kappa shape index (κ2) is 8.39. The maximum atomic E-state index is 12.7. The van der Waals surface area contributed by atoms with Crippen molar-refractivity contribution in [3.05, 3.63) is 65.4 Å². The van der Waals surface area contributed by atoms with E-state index < -0.39 is 0 Å². The Morgan fingerprint density at radius 3 is 2.62 bits per heavy atom. The molecule has 6 heteroatoms. The molecule has 1 amide bonds. The van der Waals surface area contributed by atoms with Gasteiger partial charge in [-0.2, -0.15) is 0 Å². The molecular weight excluding hydrogens is 368 g/mol. The van der Waals surface area contributed by atoms with E-state index in [0.717, 1.165) is 42.4 Å². The van der Waals surface area contributed by atoms with E-state index in [2.05, 4.69) is 4.98 Å². The van der Waals surface area contributed by atoms with Crippen LogP contribution in [0.25, 0.3) is 10.9 Å². The zero-order valence-corrected chi connectivity index (χ0v) is 16.4. The number of piperidine rings is 1. The summed E-state index contributed by atoms with van der Waals surface area (Å²) in [7, 11) is 1.36. The van der Waals surface area contributed by atoms with E-state index in [1.807, 2.05) is 41.3 Å². The van der Waals surface area contributed by atoms with Gasteiger partial charge in [-0.15, -0.1) is 0 Å². The summed E-state index contributed by atoms with van der Waals surface area (Å²) in [6.45, 7) is 1.89. The normalized spacial score (nSPS) is 14.0. The minimum Gasteiger partial charge on any atom is -0.489 e. The molecule has 0 radical (unpaired) electrons. The molecule has 1 aliphatic heterocycles. The highest BCUT2D eigenvalue weighted by Crippen LogP contribution is 2.24. The fraction of sp³-hybridized carbons (Fsp3) is 0.304. The number of benzene rings is 2. The average Bonchev–Trinajstić information content (AvgIpc) is 3.21. The van der Waals surface area contributed by atoms with Crippen LogP contribution in [-0.4, -0.2) is 42.0 Å². The molecule has 0 atom stereocenters. The number of rotatable bonds is 5. The zero-order valence-electron chi connectivity index (χ0n) is 16.4. The number of esters is 1. The van der Waals surface area contributed by atoms with E-state index in [1.165, 1.54) is 13.5 Å². The van der Waals surface area contributed by atoms with Gasteiger partial charge < -0.3 is 19.4 Å². The lowest BCUT2D eigenvalue weighted by Crippen LogP contribution is -2.35. The van der Waals surface area contributed by atoms with Gasteiger partial charge in [-0.05, 0) is 43.5 Å². The van der Waals surface area contributed by atoms with E-state index in [9.17, 15) is 9.59 Å². The number of aromatic nitrogens is 1. The lowest BCUT2D eigenvalue weighted by molar-refractivity contribution is 0.0597. The highest BCUT2D eigenvalue weighted by molar-refractivity contribution is 5.98. The van der Waals surface area contributed by atoms with Crippen LogP contribution in [-0.2, 0) is 11.3 Å². The average molecular weight is 392 g/mol. The third kappa shape index (κ3) is 4.11. The van der Waals surface area contributed by atoms with E-state index >= 15 is 0 Å². The van der Waals surface area contributed by atoms with Crippen molar-refractivity contribution in [3.8, 4) is 5.75 Å². The Morgan fingerprint density at radius 1 is 1.03 bits per heavy atom. The van der Waals surface area contributed by atoms with Crippen LogP contribution in [0.3, 0.4) is 0 Å². The number of methoxy groups -OCH3 is 1. The molecule has 1 aromatic heterocycles. The van der Waals surface area contributed by atoms with Crippen LogP contribution in [0.4, 0.5) is 0 Å². The van der Waals surface area contributed by atoms with Gasteiger partial charge in [0.1, 0.15) is 18.1 Å². The third-order valence-corrected chi connectivity index (χ3v) is 5.28. The molecule has 1 N–H and O–H groups in total. The standard InChI is InChI=1S/C23H24N2O4/c1-28-23(27)19-8-4-3-7-17(19)15-29-18-10-9-16-13-21(24-20(16)14-18)22(26)25-11-5-2-6-12-25/h3-4,7-10,13-14,24H,2,5-6,11-12,15H2,1H3. The van der Waals surface area contributed by atoms with Crippen LogP contribution in [0.2, 0.25) is 0 Å². The fourth-order valence-corrected chi connectivity index (χ4v) is 3.69. The summed E-state index contributed by atoms with van der Waals surface area (Å²) >= 11 is 0. The summed E-state index contributed by atoms with van der Waals surface area (Å²) in [4.78, 5) is 29.7. The molecule has 0 saturated carbocycles. The van der Waals surface area contributed by atoms with Crippen molar-refractivity contribution in [1.29, 1.82) is 0 Å². The number of hydrogen-bond acceptors (Lipinski definition) is 4. The third-order valence-electron chi connectivity index (χ3n) is 5.28. The molecule has 29 heavy (non-hydrogen) atoms. The summed E-state index contributed by atoms with van der Waals surface area (Å²) in [6, 6.07) is 14.8. The topological polar surface area (TPSA) is 71.6 Å². The Balaban J connectivity index is 1.50. The van der Waals surface area contributed by atoms with Gasteiger partial charge in [0.25, 0.3) is 5.91 Å². The van der Waals surface area contributed by atoms with E-state index in [4.69, 9.17) is 9.47 Å². The van der Waals surface area contributed by atoms with Crippen molar-refractivity contribution in [2.75, 3.05) is 20.2 Å². The maximum absolute atomic E-state index is 12.7. The van der Waals surface area contributed by atoms with Crippen molar-refractivity contribution in [1.82, 2.24) is 9.88 Å². The minimum atomic E-state index is -0.384. The van der Waals surface area contributed by atoms with Gasteiger partial charge in [0.05, 0.1) is 12.7 Å². The smallest absolute Gasteiger partial charge is 0.338 e. The van der Waals surface area contributed by atoms with E-state index in [1.54, 1.807) is 12.1 Å². The van der Waals surface area contributed by atoms with Crippen LogP contribution in [0.15, 0.2) is 48.5 Å². The number of carbonyl (C=O) groups excluding carboxylic acids is 2. The van der Waals surface area contributed by atoms with Crippen LogP contribution < -0.4 is 4.74 Å². The monoisotopic (exact) mass is 392 g/mol. The van der Waals surface area contributed by atoms with Crippen LogP contribution >= 0.6 is 0 Å². The van der Waals surface area contributed by atoms with Crippen LogP contribution in [0.1, 0.15) is 45.7 Å². The lowest BCUT2D eigenvalue weighted by atomic mass is 10.1. The zero-order chi connectivity index (χ0) is 20.2. The lowest BCUT2D eigenvalue weighted by Gasteiger charge is -2.26. The quantitative estimate of drug-likeness (QED) is 0.662. The predicted octanol–water partition coefficient (Wildman–Crippen LogP) is 4.16. The van der Waals surface area contributed by atoms with Crippen molar-refractivity contribution in [2.45, 2.75) is 25.9 Å². The highest BCUT2D eigenvalue weighted by atomic mass is 16.5. The van der Waals surface area contributed by atoms with Crippen molar-refractivity contribution >= 4 is 22.8 Å². The summed E-state index contributed by atoms with van der Waals surface area (Å²) in [5.74, 6) is 0.330. The van der Waals surface area contributed by atoms with Gasteiger partial charge in [-0.3, -0.25) is 4.79 Å². The number of nitrogens with zero attached hydrogens (tertiary/aromatic N) is 1. The molecule has 1 saturated heterocycles. The first-order chi connectivity index (χ1) is 14.2. The SMILES string of the molecule is COC(=O)c1ccccc1COc1ccc2cc(C(=O)N3CCCCC3)[nH]c2c1. The molecule has 0 spiro atoms. The number of likely N-dealkylation sites (tertiary alicyclic amines) is 1. The van der Waals surface area contributed by atoms with Crippen LogP contribution in [0, 0.1) is 0 Å². The van der Waals surface area contributed by atoms with E-state index in [-0.39, 0.29) is 18.5 Å². The Labute approximate surface area is 169 Å². The number of H-pyrrole nitrogens is 1. The second-order valence-corrected chi connectivity index (χ2v) is 7.22. The van der Waals surface area contributed by atoms with Crippen molar-refractivity contribution in [3.63, 3.8) is 0 Å². The van der Waals surface area contributed by atoms with Gasteiger partial charge >= 0.3 is 5.97 Å². The Kier molecular flexibility index (Phi) is 5.51. The van der Waals surface area contributed by atoms with Gasteiger partial charge in [0.2, 0.25) is 0 Å². The molecule has 0 unspecified atom stereocenters. The first-order valence-electron chi connectivity index (χ1n) is 9.87. The number of amides is 1. The van der Waals surface area contributed by atoms with Crippen molar-refractivity contribution in [2.24, 2.45) is 0 Å². The first-order valence-corrected chi connectivity index (χ1v) is 9.87. The minimum absolute atomic E-state index is 0.0513. The molecule has 1 fully saturated rings. The number of aromatic amines is 1. The Hall–Kier alpha value is -3.28. The number of carbonyl (C=O) groups is 2. The van der Waals surface area contributed by atoms with E-state index in [0.29, 0.717) is 17.0 Å². The highest BCUT2D eigenvalue weighted by Gasteiger charge is 2.20. The molecule has 2 heterocycles. The second-order valence-electron chi connectivity index (χ2n) is 7.22. The molecule has 2 aromatic carbocycles. The molecule has 4 rings (SSSR count).